The lowest BCUT2D eigenvalue weighted by molar-refractivity contribution is -0.147. The highest BCUT2D eigenvalue weighted by Gasteiger charge is 2.32. The number of hydrogen-bond donors (Lipinski definition) is 0. The van der Waals surface area contributed by atoms with Crippen molar-refractivity contribution in [2.45, 2.75) is 44.7 Å². The third-order valence-electron chi connectivity index (χ3n) is 7.07. The molecule has 1 aromatic carbocycles. The van der Waals surface area contributed by atoms with Crippen LogP contribution >= 0.6 is 0 Å². The number of carbonyl (C=O) groups is 1. The Bertz CT molecular complexity index is 1090. The first-order chi connectivity index (χ1) is 16.2. The zero-order valence-electron chi connectivity index (χ0n) is 19.3. The summed E-state index contributed by atoms with van der Waals surface area (Å²) in [5, 5.41) is 0. The number of methoxy groups -OCH3 is 1. The summed E-state index contributed by atoms with van der Waals surface area (Å²) >= 11 is 0. The molecule has 2 fully saturated rings. The van der Waals surface area contributed by atoms with Crippen molar-refractivity contribution in [1.82, 2.24) is 19.4 Å². The Labute approximate surface area is 194 Å². The lowest BCUT2D eigenvalue weighted by Gasteiger charge is -2.30. The van der Waals surface area contributed by atoms with E-state index in [1.807, 2.05) is 18.3 Å². The van der Waals surface area contributed by atoms with Crippen LogP contribution in [0.3, 0.4) is 0 Å². The van der Waals surface area contributed by atoms with Gasteiger partial charge in [-0.1, -0.05) is 37.1 Å². The van der Waals surface area contributed by atoms with Crippen molar-refractivity contribution in [2.75, 3.05) is 33.4 Å². The van der Waals surface area contributed by atoms with Gasteiger partial charge in [0.2, 0.25) is 0 Å². The molecule has 0 bridgehead atoms. The smallest absolute Gasteiger partial charge is 0.309 e. The highest BCUT2D eigenvalue weighted by Crippen LogP contribution is 2.38. The number of fused-ring (bicyclic) bond motifs is 1. The molecule has 0 N–H and O–H groups in total. The first-order valence-corrected chi connectivity index (χ1v) is 12.0. The number of morpholine rings is 1. The van der Waals surface area contributed by atoms with E-state index in [0.717, 1.165) is 82.1 Å². The minimum Gasteiger partial charge on any atom is -0.469 e. The summed E-state index contributed by atoms with van der Waals surface area (Å²) in [6.45, 7) is 4.91. The Morgan fingerprint density at radius 3 is 2.67 bits per heavy atom. The van der Waals surface area contributed by atoms with Crippen LogP contribution in [0.5, 0.6) is 0 Å². The standard InChI is InChI=1S/C26H32N4O3/c1-32-26(31)22-6-3-2-5-21(22)20-10-8-19(9-11-20)17-30-24(18-29-13-15-33-16-14-29)28-23-7-4-12-27-25(23)30/h4,7-12,21-22H,2-3,5-6,13-18H2,1H3/t21-,22+/m0/s1. The summed E-state index contributed by atoms with van der Waals surface area (Å²) in [5.74, 6) is 1.17. The number of carbonyl (C=O) groups excluding carboxylic acids is 1. The predicted octanol–water partition coefficient (Wildman–Crippen LogP) is 3.76. The molecule has 0 unspecified atom stereocenters. The van der Waals surface area contributed by atoms with E-state index in [1.165, 1.54) is 18.2 Å². The Kier molecular flexibility index (Phi) is 6.69. The minimum absolute atomic E-state index is 0.0310. The van der Waals surface area contributed by atoms with E-state index in [1.54, 1.807) is 0 Å². The van der Waals surface area contributed by atoms with E-state index >= 15 is 0 Å². The van der Waals surface area contributed by atoms with Crippen LogP contribution in [-0.4, -0.2) is 58.8 Å². The summed E-state index contributed by atoms with van der Waals surface area (Å²) in [6, 6.07) is 12.7. The van der Waals surface area contributed by atoms with Gasteiger partial charge in [-0.2, -0.15) is 0 Å². The Balaban J connectivity index is 1.38. The van der Waals surface area contributed by atoms with Crippen LogP contribution in [0.4, 0.5) is 0 Å². The second-order valence-corrected chi connectivity index (χ2v) is 9.11. The minimum atomic E-state index is -0.0764. The molecule has 1 aliphatic heterocycles. The molecule has 3 aromatic rings. The van der Waals surface area contributed by atoms with E-state index in [9.17, 15) is 4.79 Å². The molecule has 0 radical (unpaired) electrons. The summed E-state index contributed by atoms with van der Waals surface area (Å²) in [7, 11) is 1.50. The monoisotopic (exact) mass is 448 g/mol. The maximum absolute atomic E-state index is 12.3. The molecule has 2 aliphatic rings. The molecule has 2 aromatic heterocycles. The zero-order chi connectivity index (χ0) is 22.6. The van der Waals surface area contributed by atoms with Gasteiger partial charge >= 0.3 is 5.97 Å². The molecule has 3 heterocycles. The lowest BCUT2D eigenvalue weighted by Crippen LogP contribution is -2.36. The lowest BCUT2D eigenvalue weighted by atomic mass is 9.75. The number of ether oxygens (including phenoxy) is 2. The van der Waals surface area contributed by atoms with Crippen molar-refractivity contribution in [3.05, 3.63) is 59.5 Å². The van der Waals surface area contributed by atoms with Crippen molar-refractivity contribution in [1.29, 1.82) is 0 Å². The third kappa shape index (κ3) is 4.80. The molecule has 0 amide bonds. The molecule has 7 heteroatoms. The Morgan fingerprint density at radius 2 is 1.88 bits per heavy atom. The molecule has 33 heavy (non-hydrogen) atoms. The van der Waals surface area contributed by atoms with E-state index in [4.69, 9.17) is 14.5 Å². The van der Waals surface area contributed by atoms with Crippen LogP contribution in [0.15, 0.2) is 42.6 Å². The maximum atomic E-state index is 12.3. The fraction of sp³-hybridized carbons (Fsp3) is 0.500. The second-order valence-electron chi connectivity index (χ2n) is 9.11. The number of hydrogen-bond acceptors (Lipinski definition) is 6. The summed E-state index contributed by atoms with van der Waals surface area (Å²) in [4.78, 5) is 24.2. The van der Waals surface area contributed by atoms with E-state index in [-0.39, 0.29) is 17.8 Å². The number of esters is 1. The molecule has 0 spiro atoms. The van der Waals surface area contributed by atoms with Gasteiger partial charge in [0.05, 0.1) is 39.3 Å². The van der Waals surface area contributed by atoms with Crippen LogP contribution < -0.4 is 0 Å². The Hall–Kier alpha value is -2.77. The third-order valence-corrected chi connectivity index (χ3v) is 7.07. The summed E-state index contributed by atoms with van der Waals surface area (Å²) < 4.78 is 12.8. The quantitative estimate of drug-likeness (QED) is 0.535. The molecule has 1 aliphatic carbocycles. The van der Waals surface area contributed by atoms with Crippen LogP contribution in [0, 0.1) is 5.92 Å². The fourth-order valence-electron chi connectivity index (χ4n) is 5.27. The molecule has 1 saturated carbocycles. The van der Waals surface area contributed by atoms with Gasteiger partial charge in [0.1, 0.15) is 11.3 Å². The van der Waals surface area contributed by atoms with Crippen molar-refractivity contribution in [3.63, 3.8) is 0 Å². The zero-order valence-corrected chi connectivity index (χ0v) is 19.3. The summed E-state index contributed by atoms with van der Waals surface area (Å²) in [5.41, 5.74) is 4.29. The van der Waals surface area contributed by atoms with Gasteiger partial charge in [0, 0.05) is 19.3 Å². The second kappa shape index (κ2) is 10.0. The summed E-state index contributed by atoms with van der Waals surface area (Å²) in [6.07, 6.45) is 6.05. The van der Waals surface area contributed by atoms with E-state index in [0.29, 0.717) is 0 Å². The number of benzene rings is 1. The Morgan fingerprint density at radius 1 is 1.09 bits per heavy atom. The normalized spacial score (nSPS) is 21.8. The van der Waals surface area contributed by atoms with Crippen LogP contribution in [-0.2, 0) is 27.4 Å². The molecule has 7 nitrogen and oxygen atoms in total. The van der Waals surface area contributed by atoms with E-state index < -0.39 is 0 Å². The average molecular weight is 449 g/mol. The first kappa shape index (κ1) is 22.0. The van der Waals surface area contributed by atoms with Crippen LogP contribution in [0.2, 0.25) is 0 Å². The topological polar surface area (TPSA) is 69.5 Å². The first-order valence-electron chi connectivity index (χ1n) is 12.0. The molecule has 2 atom stereocenters. The highest BCUT2D eigenvalue weighted by molar-refractivity contribution is 5.74. The molecule has 1 saturated heterocycles. The van der Waals surface area contributed by atoms with Crippen molar-refractivity contribution in [2.24, 2.45) is 5.92 Å². The predicted molar refractivity (Wildman–Crippen MR) is 126 cm³/mol. The van der Waals surface area contributed by atoms with Gasteiger partial charge in [-0.25, -0.2) is 9.97 Å². The maximum Gasteiger partial charge on any atom is 0.309 e. The van der Waals surface area contributed by atoms with Crippen LogP contribution in [0.25, 0.3) is 11.2 Å². The van der Waals surface area contributed by atoms with Crippen molar-refractivity contribution in [3.8, 4) is 0 Å². The van der Waals surface area contributed by atoms with Crippen molar-refractivity contribution < 1.29 is 14.3 Å². The van der Waals surface area contributed by atoms with Gasteiger partial charge in [0.25, 0.3) is 0 Å². The molecule has 174 valence electrons. The van der Waals surface area contributed by atoms with Gasteiger partial charge < -0.3 is 14.0 Å². The van der Waals surface area contributed by atoms with Gasteiger partial charge in [-0.15, -0.1) is 0 Å². The van der Waals surface area contributed by atoms with Gasteiger partial charge in [-0.3, -0.25) is 9.69 Å². The number of aromatic nitrogens is 3. The SMILES string of the molecule is COC(=O)[C@@H]1CCCC[C@H]1c1ccc(Cn2c(CN3CCOCC3)nc3cccnc32)cc1. The van der Waals surface area contributed by atoms with Gasteiger partial charge in [-0.05, 0) is 42.0 Å². The van der Waals surface area contributed by atoms with Crippen molar-refractivity contribution >= 4 is 17.1 Å². The highest BCUT2D eigenvalue weighted by atomic mass is 16.5. The molecule has 5 rings (SSSR count). The number of nitrogens with zero attached hydrogens (tertiary/aromatic N) is 4. The number of pyridine rings is 1. The number of imidazole rings is 1. The van der Waals surface area contributed by atoms with Crippen LogP contribution in [0.1, 0.15) is 48.6 Å². The fourth-order valence-corrected chi connectivity index (χ4v) is 5.27. The molecular weight excluding hydrogens is 416 g/mol. The average Bonchev–Trinajstić information content (AvgIpc) is 3.21. The largest absolute Gasteiger partial charge is 0.469 e. The van der Waals surface area contributed by atoms with Gasteiger partial charge in [0.15, 0.2) is 5.65 Å². The number of rotatable bonds is 6. The molecular formula is C26H32N4O3. The van der Waals surface area contributed by atoms with E-state index in [2.05, 4.69) is 38.7 Å².